The molecule has 0 saturated carbocycles. The topological polar surface area (TPSA) is 135 Å². The van der Waals surface area contributed by atoms with Crippen LogP contribution in [-0.2, 0) is 20.9 Å². The van der Waals surface area contributed by atoms with Crippen molar-refractivity contribution >= 4 is 23.7 Å². The van der Waals surface area contributed by atoms with Crippen LogP contribution in [0.25, 0.3) is 6.08 Å². The second-order valence-electron chi connectivity index (χ2n) is 10.4. The van der Waals surface area contributed by atoms with Crippen LogP contribution in [0.5, 0.6) is 17.2 Å². The van der Waals surface area contributed by atoms with E-state index in [-0.39, 0.29) is 47.1 Å². The Kier molecular flexibility index (Phi) is 10.4. The molecule has 1 aliphatic heterocycles. The number of carbonyl (C=O) groups is 3. The van der Waals surface area contributed by atoms with Gasteiger partial charge >= 0.3 is 5.97 Å². The van der Waals surface area contributed by atoms with E-state index in [1.54, 1.807) is 55.5 Å². The minimum Gasteiger partial charge on any atom is -0.507 e. The third-order valence-corrected chi connectivity index (χ3v) is 7.35. The third kappa shape index (κ3) is 7.81. The van der Waals surface area contributed by atoms with Gasteiger partial charge in [0.25, 0.3) is 0 Å². The highest BCUT2D eigenvalue weighted by Gasteiger charge is 2.31. The number of phenolic OH excluding ortho intramolecular Hbond substituents is 2. The van der Waals surface area contributed by atoms with Gasteiger partial charge in [0.1, 0.15) is 34.4 Å². The number of amides is 1. The number of carbonyl (C=O) groups excluding carboxylic acids is 3. The summed E-state index contributed by atoms with van der Waals surface area (Å²) in [5.41, 5.74) is 0.854. The zero-order chi connectivity index (χ0) is 30.1. The molecule has 1 aromatic heterocycles. The Bertz CT molecular complexity index is 1410. The Hall–Kier alpha value is -4.53. The molecule has 0 radical (unpaired) electrons. The summed E-state index contributed by atoms with van der Waals surface area (Å²) >= 11 is 0. The Labute approximate surface area is 245 Å². The first kappa shape index (κ1) is 30.4. The normalized spacial score (nSPS) is 17.0. The molecule has 3 N–H and O–H groups in total. The zero-order valence-electron chi connectivity index (χ0n) is 23.9. The Morgan fingerprint density at radius 2 is 1.88 bits per heavy atom. The lowest BCUT2D eigenvalue weighted by Gasteiger charge is -2.23. The highest BCUT2D eigenvalue weighted by atomic mass is 16.5. The highest BCUT2D eigenvalue weighted by molar-refractivity contribution is 5.98. The molecule has 1 unspecified atom stereocenters. The van der Waals surface area contributed by atoms with Gasteiger partial charge in [-0.3, -0.25) is 9.59 Å². The van der Waals surface area contributed by atoms with Crippen molar-refractivity contribution in [3.63, 3.8) is 0 Å². The van der Waals surface area contributed by atoms with Gasteiger partial charge in [-0.25, -0.2) is 4.79 Å². The minimum atomic E-state index is -0.814. The number of ether oxygens (including phenoxy) is 2. The maximum Gasteiger partial charge on any atom is 0.342 e. The lowest BCUT2D eigenvalue weighted by molar-refractivity contribution is -0.121. The standard InChI is InChI=1S/C33H37NO8/c1-21-8-6-11-24(35)10-5-3-4-9-23-18-28(36)31(32(38)30(23)33(39)42-21)27(22-13-15-25(40-2)16-14-22)19-29(37)34-20-26-12-7-17-41-26/h4,7,9,12-18,21,27,36,38H,3,5-6,8,10-11,19-20H2,1-2H3,(H,34,37)/t21-,27?/m0/s1. The van der Waals surface area contributed by atoms with Gasteiger partial charge in [-0.05, 0) is 74.1 Å². The summed E-state index contributed by atoms with van der Waals surface area (Å²) in [4.78, 5) is 38.7. The quantitative estimate of drug-likeness (QED) is 0.291. The summed E-state index contributed by atoms with van der Waals surface area (Å²) in [6.45, 7) is 1.91. The van der Waals surface area contributed by atoms with E-state index in [1.165, 1.54) is 19.4 Å². The first-order valence-electron chi connectivity index (χ1n) is 14.2. The number of hydrogen-bond donors (Lipinski definition) is 3. The van der Waals surface area contributed by atoms with Crippen LogP contribution in [0.3, 0.4) is 0 Å². The van der Waals surface area contributed by atoms with Crippen LogP contribution in [0.1, 0.15) is 90.6 Å². The predicted octanol–water partition coefficient (Wildman–Crippen LogP) is 6.02. The van der Waals surface area contributed by atoms with E-state index in [0.717, 1.165) is 0 Å². The molecule has 9 heteroatoms. The maximum absolute atomic E-state index is 13.5. The van der Waals surface area contributed by atoms with Crippen LogP contribution in [-0.4, -0.2) is 41.1 Å². The SMILES string of the molecule is COc1ccc(C(CC(=O)NCc2ccco2)c2c(O)cc3c(c2O)C(=O)O[C@@H](C)CCCC(=O)CCCC=C3)cc1. The Balaban J connectivity index is 1.75. The zero-order valence-corrected chi connectivity index (χ0v) is 23.9. The molecule has 0 spiro atoms. The highest BCUT2D eigenvalue weighted by Crippen LogP contribution is 2.44. The van der Waals surface area contributed by atoms with Crippen molar-refractivity contribution in [2.75, 3.05) is 7.11 Å². The number of esters is 1. The number of allylic oxidation sites excluding steroid dienone is 1. The molecule has 2 atom stereocenters. The summed E-state index contributed by atoms with van der Waals surface area (Å²) < 4.78 is 16.3. The summed E-state index contributed by atoms with van der Waals surface area (Å²) in [5.74, 6) is -1.28. The first-order valence-corrected chi connectivity index (χ1v) is 14.2. The van der Waals surface area contributed by atoms with E-state index >= 15 is 0 Å². The molecule has 2 heterocycles. The number of cyclic esters (lactones) is 1. The molecule has 222 valence electrons. The number of aromatic hydroxyl groups is 2. The van der Waals surface area contributed by atoms with E-state index in [4.69, 9.17) is 13.9 Å². The van der Waals surface area contributed by atoms with Gasteiger partial charge in [-0.15, -0.1) is 0 Å². The number of Topliss-reactive ketones (excluding diaryl/α,β-unsaturated/α-hetero) is 1. The average Bonchev–Trinajstić information content (AvgIpc) is 3.48. The monoisotopic (exact) mass is 575 g/mol. The van der Waals surface area contributed by atoms with E-state index in [2.05, 4.69) is 5.32 Å². The van der Waals surface area contributed by atoms with Gasteiger partial charge in [0.2, 0.25) is 5.91 Å². The molecule has 42 heavy (non-hydrogen) atoms. The number of benzene rings is 2. The first-order chi connectivity index (χ1) is 20.3. The molecule has 0 bridgehead atoms. The predicted molar refractivity (Wildman–Crippen MR) is 156 cm³/mol. The van der Waals surface area contributed by atoms with Crippen molar-refractivity contribution in [3.05, 3.63) is 82.8 Å². The Morgan fingerprint density at radius 1 is 1.12 bits per heavy atom. The van der Waals surface area contributed by atoms with Crippen LogP contribution in [0.15, 0.2) is 59.2 Å². The van der Waals surface area contributed by atoms with Crippen LogP contribution in [0.2, 0.25) is 0 Å². The smallest absolute Gasteiger partial charge is 0.342 e. The molecule has 2 aromatic carbocycles. The van der Waals surface area contributed by atoms with Crippen LogP contribution in [0.4, 0.5) is 0 Å². The molecule has 3 aromatic rings. The van der Waals surface area contributed by atoms with Crippen molar-refractivity contribution in [1.82, 2.24) is 5.32 Å². The van der Waals surface area contributed by atoms with Crippen LogP contribution < -0.4 is 10.1 Å². The van der Waals surface area contributed by atoms with Gasteiger partial charge in [0, 0.05) is 30.7 Å². The number of methoxy groups -OCH3 is 1. The molecule has 9 nitrogen and oxygen atoms in total. The summed E-state index contributed by atoms with van der Waals surface area (Å²) in [7, 11) is 1.54. The number of furan rings is 1. The number of rotatable bonds is 7. The van der Waals surface area contributed by atoms with Crippen molar-refractivity contribution < 1.29 is 38.5 Å². The largest absolute Gasteiger partial charge is 0.507 e. The van der Waals surface area contributed by atoms with Gasteiger partial charge < -0.3 is 29.4 Å². The second-order valence-corrected chi connectivity index (χ2v) is 10.4. The molecule has 0 saturated heterocycles. The second kappa shape index (κ2) is 14.4. The molecular weight excluding hydrogens is 538 g/mol. The van der Waals surface area contributed by atoms with Gasteiger partial charge in [0.05, 0.1) is 26.0 Å². The Morgan fingerprint density at radius 3 is 2.60 bits per heavy atom. The summed E-state index contributed by atoms with van der Waals surface area (Å²) in [5, 5.41) is 25.7. The fourth-order valence-corrected chi connectivity index (χ4v) is 5.10. The fraction of sp³-hybridized carbons (Fsp3) is 0.364. The maximum atomic E-state index is 13.5. The molecular formula is C33H37NO8. The number of nitrogens with one attached hydrogen (secondary N) is 1. The van der Waals surface area contributed by atoms with Crippen LogP contribution >= 0.6 is 0 Å². The summed E-state index contributed by atoms with van der Waals surface area (Å²) in [6, 6.07) is 11.8. The van der Waals surface area contributed by atoms with E-state index in [1.807, 2.05) is 0 Å². The fourth-order valence-electron chi connectivity index (χ4n) is 5.10. The molecule has 4 rings (SSSR count). The van der Waals surface area contributed by atoms with Crippen molar-refractivity contribution in [2.24, 2.45) is 0 Å². The van der Waals surface area contributed by atoms with E-state index in [0.29, 0.717) is 55.6 Å². The number of phenols is 2. The van der Waals surface area contributed by atoms with Gasteiger partial charge in [-0.2, -0.15) is 0 Å². The lowest BCUT2D eigenvalue weighted by Crippen LogP contribution is -2.25. The minimum absolute atomic E-state index is 0.0387. The van der Waals surface area contributed by atoms with Crippen molar-refractivity contribution in [2.45, 2.75) is 70.4 Å². The lowest BCUT2D eigenvalue weighted by atomic mass is 9.84. The van der Waals surface area contributed by atoms with Crippen molar-refractivity contribution in [3.8, 4) is 17.2 Å². The average molecular weight is 576 g/mol. The third-order valence-electron chi connectivity index (χ3n) is 7.35. The molecule has 1 aliphatic rings. The summed E-state index contributed by atoms with van der Waals surface area (Å²) in [6.07, 6.45) is 7.56. The molecule has 0 fully saturated rings. The van der Waals surface area contributed by atoms with Crippen LogP contribution in [0, 0.1) is 0 Å². The van der Waals surface area contributed by atoms with Crippen molar-refractivity contribution in [1.29, 1.82) is 0 Å². The number of ketones is 1. The number of fused-ring (bicyclic) bond motifs is 1. The molecule has 1 amide bonds. The van der Waals surface area contributed by atoms with Gasteiger partial charge in [0.15, 0.2) is 0 Å². The number of hydrogen-bond acceptors (Lipinski definition) is 8. The van der Waals surface area contributed by atoms with E-state index < -0.39 is 23.7 Å². The van der Waals surface area contributed by atoms with E-state index in [9.17, 15) is 24.6 Å². The molecule has 0 aliphatic carbocycles. The van der Waals surface area contributed by atoms with Gasteiger partial charge in [-0.1, -0.05) is 24.3 Å².